The average molecular weight is 356 g/mol. The third-order valence-electron chi connectivity index (χ3n) is 4.25. The Kier molecular flexibility index (Phi) is 5.26. The highest BCUT2D eigenvalue weighted by molar-refractivity contribution is 7.14. The van der Waals surface area contributed by atoms with Crippen molar-refractivity contribution in [3.63, 3.8) is 0 Å². The second-order valence-corrected chi connectivity index (χ2v) is 6.73. The molecule has 0 spiro atoms. The van der Waals surface area contributed by atoms with Gasteiger partial charge in [-0.15, -0.1) is 11.3 Å². The first-order chi connectivity index (χ1) is 12.1. The van der Waals surface area contributed by atoms with E-state index in [-0.39, 0.29) is 5.91 Å². The number of thiazole rings is 1. The lowest BCUT2D eigenvalue weighted by molar-refractivity contribution is -0.132. The molecule has 2 aromatic heterocycles. The van der Waals surface area contributed by atoms with E-state index in [1.807, 2.05) is 17.5 Å². The topological polar surface area (TPSA) is 93.9 Å². The van der Waals surface area contributed by atoms with Gasteiger partial charge in [0.25, 0.3) is 0 Å². The highest BCUT2D eigenvalue weighted by Crippen LogP contribution is 2.26. The van der Waals surface area contributed by atoms with Gasteiger partial charge >= 0.3 is 0 Å². The fourth-order valence-corrected chi connectivity index (χ4v) is 3.78. The van der Waals surface area contributed by atoms with Crippen molar-refractivity contribution in [2.75, 3.05) is 25.0 Å². The van der Waals surface area contributed by atoms with E-state index >= 15 is 0 Å². The molecule has 0 radical (unpaired) electrons. The van der Waals surface area contributed by atoms with Gasteiger partial charge in [0.1, 0.15) is 6.07 Å². The zero-order chi connectivity index (χ0) is 17.7. The van der Waals surface area contributed by atoms with Crippen molar-refractivity contribution in [2.45, 2.75) is 25.4 Å². The molecule has 1 fully saturated rings. The Morgan fingerprint density at radius 3 is 2.96 bits per heavy atom. The van der Waals surface area contributed by atoms with Crippen LogP contribution >= 0.6 is 11.3 Å². The van der Waals surface area contributed by atoms with E-state index in [9.17, 15) is 10.1 Å². The third-order valence-corrected chi connectivity index (χ3v) is 5.05. The van der Waals surface area contributed by atoms with Gasteiger partial charge in [0.15, 0.2) is 10.8 Å². The van der Waals surface area contributed by atoms with E-state index in [0.29, 0.717) is 26.1 Å². The number of hydrogen-bond acceptors (Lipinski definition) is 7. The Morgan fingerprint density at radius 1 is 1.44 bits per heavy atom. The number of aromatic nitrogens is 2. The molecule has 8 heteroatoms. The minimum Gasteiger partial charge on any atom is -0.360 e. The maximum absolute atomic E-state index is 11.7. The Hall–Kier alpha value is -2.50. The SMILES string of the molecule is CC(=O)N1CCCC1(C#N)NCCNc1nc(-c2ccncc2)cs1. The predicted molar refractivity (Wildman–Crippen MR) is 96.8 cm³/mol. The Balaban J connectivity index is 1.53. The van der Waals surface area contributed by atoms with Crippen LogP contribution in [0.25, 0.3) is 11.3 Å². The summed E-state index contributed by atoms with van der Waals surface area (Å²) < 4.78 is 0. The fourth-order valence-electron chi connectivity index (χ4n) is 3.03. The molecule has 2 aromatic rings. The molecule has 1 aliphatic rings. The molecule has 1 aliphatic heterocycles. The maximum atomic E-state index is 11.7. The number of hydrogen-bond donors (Lipinski definition) is 2. The average Bonchev–Trinajstić information content (AvgIpc) is 3.27. The summed E-state index contributed by atoms with van der Waals surface area (Å²) in [6.45, 7) is 3.33. The molecule has 130 valence electrons. The molecule has 0 saturated carbocycles. The van der Waals surface area contributed by atoms with Crippen LogP contribution in [0.2, 0.25) is 0 Å². The van der Waals surface area contributed by atoms with Gasteiger partial charge in [-0.1, -0.05) is 0 Å². The van der Waals surface area contributed by atoms with Crippen molar-refractivity contribution in [1.82, 2.24) is 20.2 Å². The largest absolute Gasteiger partial charge is 0.360 e. The van der Waals surface area contributed by atoms with Crippen LogP contribution in [0.1, 0.15) is 19.8 Å². The van der Waals surface area contributed by atoms with Crippen LogP contribution in [0.4, 0.5) is 5.13 Å². The van der Waals surface area contributed by atoms with E-state index in [0.717, 1.165) is 22.8 Å². The number of nitrogens with zero attached hydrogens (tertiary/aromatic N) is 4. The van der Waals surface area contributed by atoms with Crippen molar-refractivity contribution in [3.8, 4) is 17.3 Å². The standard InChI is InChI=1S/C17H20N6OS/c1-13(24)23-10-2-5-17(23,12-18)21-9-8-20-16-22-15(11-25-16)14-3-6-19-7-4-14/h3-4,6-7,11,21H,2,5,8-10H2,1H3,(H,20,22). The van der Waals surface area contributed by atoms with Gasteiger partial charge in [-0.25, -0.2) is 4.98 Å². The minimum atomic E-state index is -0.876. The number of nitriles is 1. The highest BCUT2D eigenvalue weighted by Gasteiger charge is 2.42. The number of carbonyl (C=O) groups is 1. The van der Waals surface area contributed by atoms with Crippen LogP contribution in [0.15, 0.2) is 29.9 Å². The molecule has 7 nitrogen and oxygen atoms in total. The predicted octanol–water partition coefficient (Wildman–Crippen LogP) is 2.07. The molecule has 3 heterocycles. The number of carbonyl (C=O) groups excluding carboxylic acids is 1. The summed E-state index contributed by atoms with van der Waals surface area (Å²) in [5, 5.41) is 18.9. The van der Waals surface area contributed by atoms with Crippen LogP contribution in [-0.2, 0) is 4.79 Å². The van der Waals surface area contributed by atoms with Crippen molar-refractivity contribution in [1.29, 1.82) is 5.26 Å². The second kappa shape index (κ2) is 7.59. The Bertz CT molecular complexity index is 771. The molecule has 0 bridgehead atoms. The number of pyridine rings is 1. The normalized spacial score (nSPS) is 19.6. The van der Waals surface area contributed by atoms with E-state index in [1.165, 1.54) is 18.3 Å². The lowest BCUT2D eigenvalue weighted by Crippen LogP contribution is -2.56. The van der Waals surface area contributed by atoms with Gasteiger partial charge in [0.2, 0.25) is 5.91 Å². The Labute approximate surface area is 150 Å². The first kappa shape index (κ1) is 17.3. The first-order valence-electron chi connectivity index (χ1n) is 8.19. The van der Waals surface area contributed by atoms with Gasteiger partial charge < -0.3 is 10.2 Å². The molecule has 3 rings (SSSR count). The number of amides is 1. The lowest BCUT2D eigenvalue weighted by atomic mass is 10.1. The van der Waals surface area contributed by atoms with Crippen molar-refractivity contribution in [2.24, 2.45) is 0 Å². The molecule has 2 N–H and O–H groups in total. The highest BCUT2D eigenvalue weighted by atomic mass is 32.1. The maximum Gasteiger partial charge on any atom is 0.221 e. The monoisotopic (exact) mass is 356 g/mol. The summed E-state index contributed by atoms with van der Waals surface area (Å²) in [6.07, 6.45) is 4.99. The number of nitrogens with one attached hydrogen (secondary N) is 2. The lowest BCUT2D eigenvalue weighted by Gasteiger charge is -2.32. The molecule has 0 aromatic carbocycles. The summed E-state index contributed by atoms with van der Waals surface area (Å²) in [7, 11) is 0. The minimum absolute atomic E-state index is 0.0681. The second-order valence-electron chi connectivity index (χ2n) is 5.87. The molecule has 1 atom stereocenters. The van der Waals surface area contributed by atoms with E-state index in [2.05, 4.69) is 26.7 Å². The van der Waals surface area contributed by atoms with E-state index in [1.54, 1.807) is 17.3 Å². The van der Waals surface area contributed by atoms with E-state index < -0.39 is 5.66 Å². The molecular formula is C17H20N6OS. The number of likely N-dealkylation sites (tertiary alicyclic amines) is 1. The zero-order valence-electron chi connectivity index (χ0n) is 14.0. The summed E-state index contributed by atoms with van der Waals surface area (Å²) in [4.78, 5) is 21.9. The summed E-state index contributed by atoms with van der Waals surface area (Å²) in [5.41, 5.74) is 1.07. The molecule has 1 amide bonds. The smallest absolute Gasteiger partial charge is 0.221 e. The van der Waals surface area contributed by atoms with Gasteiger partial charge in [-0.05, 0) is 25.0 Å². The zero-order valence-corrected chi connectivity index (χ0v) is 14.8. The van der Waals surface area contributed by atoms with Crippen molar-refractivity contribution < 1.29 is 4.79 Å². The van der Waals surface area contributed by atoms with Crippen molar-refractivity contribution in [3.05, 3.63) is 29.9 Å². The first-order valence-corrected chi connectivity index (χ1v) is 9.07. The van der Waals surface area contributed by atoms with Gasteiger partial charge in [-0.2, -0.15) is 5.26 Å². The third kappa shape index (κ3) is 3.78. The molecular weight excluding hydrogens is 336 g/mol. The van der Waals surface area contributed by atoms with Crippen LogP contribution < -0.4 is 10.6 Å². The van der Waals surface area contributed by atoms with Crippen molar-refractivity contribution >= 4 is 22.4 Å². The Morgan fingerprint density at radius 2 is 2.24 bits per heavy atom. The fraction of sp³-hybridized carbons (Fsp3) is 0.412. The number of rotatable bonds is 6. The summed E-state index contributed by atoms with van der Waals surface area (Å²) in [6, 6.07) is 6.13. The van der Waals surface area contributed by atoms with Crippen LogP contribution in [0.3, 0.4) is 0 Å². The summed E-state index contributed by atoms with van der Waals surface area (Å²) >= 11 is 1.54. The van der Waals surface area contributed by atoms with Gasteiger partial charge in [-0.3, -0.25) is 15.1 Å². The van der Waals surface area contributed by atoms with Crippen LogP contribution in [-0.4, -0.2) is 46.1 Å². The molecule has 0 aliphatic carbocycles. The van der Waals surface area contributed by atoms with Gasteiger partial charge in [0.05, 0.1) is 5.69 Å². The molecule has 25 heavy (non-hydrogen) atoms. The summed E-state index contributed by atoms with van der Waals surface area (Å²) in [5.74, 6) is -0.0681. The number of anilines is 1. The van der Waals surface area contributed by atoms with E-state index in [4.69, 9.17) is 0 Å². The van der Waals surface area contributed by atoms with Crippen LogP contribution in [0.5, 0.6) is 0 Å². The van der Waals surface area contributed by atoms with Crippen LogP contribution in [0, 0.1) is 11.3 Å². The molecule has 1 unspecified atom stereocenters. The quantitative estimate of drug-likeness (QED) is 0.770. The molecule has 1 saturated heterocycles. The van der Waals surface area contributed by atoms with Gasteiger partial charge in [0, 0.05) is 49.9 Å².